The molecule has 3 aromatic carbocycles. The van der Waals surface area contributed by atoms with Crippen molar-refractivity contribution in [2.45, 2.75) is 31.7 Å². The van der Waals surface area contributed by atoms with Gasteiger partial charge in [0.1, 0.15) is 11.6 Å². The van der Waals surface area contributed by atoms with E-state index in [1.165, 1.54) is 24.3 Å². The molecule has 5 rings (SSSR count). The topological polar surface area (TPSA) is 69.7 Å². The van der Waals surface area contributed by atoms with Crippen LogP contribution in [0.2, 0.25) is 0 Å². The summed E-state index contributed by atoms with van der Waals surface area (Å²) < 4.78 is 27.1. The number of halogens is 2. The van der Waals surface area contributed by atoms with Crippen LogP contribution < -0.4 is 5.32 Å². The minimum Gasteiger partial charge on any atom is -0.340 e. The Morgan fingerprint density at radius 1 is 0.789 bits per heavy atom. The van der Waals surface area contributed by atoms with Gasteiger partial charge in [-0.3, -0.25) is 19.3 Å². The summed E-state index contributed by atoms with van der Waals surface area (Å²) in [5, 5.41) is 2.81. The van der Waals surface area contributed by atoms with Crippen molar-refractivity contribution >= 4 is 23.3 Å². The van der Waals surface area contributed by atoms with Crippen LogP contribution in [0.4, 0.5) is 14.5 Å². The molecule has 0 bridgehead atoms. The highest BCUT2D eigenvalue weighted by Gasteiger charge is 2.28. The van der Waals surface area contributed by atoms with E-state index >= 15 is 0 Å². The summed E-state index contributed by atoms with van der Waals surface area (Å²) in [6, 6.07) is 17.7. The van der Waals surface area contributed by atoms with Crippen LogP contribution in [-0.4, -0.2) is 53.6 Å². The number of amides is 2. The SMILES string of the molecule is O=C1CCc2cc(C(=O)CCC(=O)N3CCN(C(c4ccc(F)cc4)c4ccc(F)cc4)CC3)ccc2N1. The zero-order valence-electron chi connectivity index (χ0n) is 21.0. The molecule has 0 saturated carbocycles. The summed E-state index contributed by atoms with van der Waals surface area (Å²) in [7, 11) is 0. The second-order valence-corrected chi connectivity index (χ2v) is 9.77. The van der Waals surface area contributed by atoms with Gasteiger partial charge in [-0.2, -0.15) is 0 Å². The molecule has 2 aliphatic heterocycles. The standard InChI is InChI=1S/C30H29F2N3O3/c31-24-7-1-20(2-8-24)30(21-3-9-25(32)10-4-21)35-17-15-34(16-18-35)29(38)14-12-27(36)23-5-11-26-22(19-23)6-13-28(37)33-26/h1-5,7-11,19,30H,6,12-18H2,(H,33,37). The third kappa shape index (κ3) is 5.81. The molecular formula is C30H29F2N3O3. The zero-order valence-corrected chi connectivity index (χ0v) is 21.0. The highest BCUT2D eigenvalue weighted by atomic mass is 19.1. The number of fused-ring (bicyclic) bond motifs is 1. The molecule has 1 saturated heterocycles. The predicted molar refractivity (Wildman–Crippen MR) is 140 cm³/mol. The van der Waals surface area contributed by atoms with Gasteiger partial charge < -0.3 is 10.2 Å². The third-order valence-corrected chi connectivity index (χ3v) is 7.29. The summed E-state index contributed by atoms with van der Waals surface area (Å²) in [5.74, 6) is -0.825. The first kappa shape index (κ1) is 25.7. The second-order valence-electron chi connectivity index (χ2n) is 9.77. The van der Waals surface area contributed by atoms with E-state index in [2.05, 4.69) is 10.2 Å². The lowest BCUT2D eigenvalue weighted by Crippen LogP contribution is -2.49. The molecule has 196 valence electrons. The average Bonchev–Trinajstić information content (AvgIpc) is 2.94. The van der Waals surface area contributed by atoms with Crippen molar-refractivity contribution in [3.8, 4) is 0 Å². The number of anilines is 1. The average molecular weight is 518 g/mol. The Morgan fingerprint density at radius 3 is 2.00 bits per heavy atom. The number of hydrogen-bond acceptors (Lipinski definition) is 4. The Bertz CT molecular complexity index is 1290. The van der Waals surface area contributed by atoms with Gasteiger partial charge in [0.25, 0.3) is 0 Å². The number of carbonyl (C=O) groups is 3. The number of benzene rings is 3. The van der Waals surface area contributed by atoms with Crippen molar-refractivity contribution in [2.24, 2.45) is 0 Å². The Morgan fingerprint density at radius 2 is 1.39 bits per heavy atom. The molecule has 2 aliphatic rings. The lowest BCUT2D eigenvalue weighted by atomic mass is 9.96. The molecule has 0 radical (unpaired) electrons. The van der Waals surface area contributed by atoms with Crippen LogP contribution in [0.1, 0.15) is 52.4 Å². The molecule has 0 aliphatic carbocycles. The number of ketones is 1. The van der Waals surface area contributed by atoms with Gasteiger partial charge in [-0.1, -0.05) is 24.3 Å². The first-order chi connectivity index (χ1) is 18.4. The number of nitrogens with zero attached hydrogens (tertiary/aromatic N) is 2. The summed E-state index contributed by atoms with van der Waals surface area (Å²) in [4.78, 5) is 41.2. The van der Waals surface area contributed by atoms with Crippen molar-refractivity contribution in [2.75, 3.05) is 31.5 Å². The summed E-state index contributed by atoms with van der Waals surface area (Å²) >= 11 is 0. The molecule has 0 atom stereocenters. The minimum atomic E-state index is -0.321. The van der Waals surface area contributed by atoms with Crippen molar-refractivity contribution in [1.82, 2.24) is 9.80 Å². The number of hydrogen-bond donors (Lipinski definition) is 1. The van der Waals surface area contributed by atoms with E-state index in [0.29, 0.717) is 44.6 Å². The lowest BCUT2D eigenvalue weighted by Gasteiger charge is -2.40. The highest BCUT2D eigenvalue weighted by Crippen LogP contribution is 2.30. The predicted octanol–water partition coefficient (Wildman–Crippen LogP) is 4.75. The quantitative estimate of drug-likeness (QED) is 0.460. The van der Waals surface area contributed by atoms with Crippen LogP contribution in [0.3, 0.4) is 0 Å². The van der Waals surface area contributed by atoms with E-state index in [-0.39, 0.29) is 48.1 Å². The number of carbonyl (C=O) groups excluding carboxylic acids is 3. The maximum Gasteiger partial charge on any atom is 0.224 e. The number of rotatable bonds is 7. The van der Waals surface area contributed by atoms with E-state index in [1.54, 1.807) is 41.3 Å². The van der Waals surface area contributed by atoms with E-state index in [9.17, 15) is 23.2 Å². The minimum absolute atomic E-state index is 0.0241. The van der Waals surface area contributed by atoms with Crippen LogP contribution in [0.15, 0.2) is 66.7 Å². The zero-order chi connectivity index (χ0) is 26.6. The third-order valence-electron chi connectivity index (χ3n) is 7.29. The summed E-state index contributed by atoms with van der Waals surface area (Å²) in [6.07, 6.45) is 1.25. The van der Waals surface area contributed by atoms with E-state index in [4.69, 9.17) is 0 Å². The molecule has 38 heavy (non-hydrogen) atoms. The maximum atomic E-state index is 13.6. The van der Waals surface area contributed by atoms with Gasteiger partial charge >= 0.3 is 0 Å². The van der Waals surface area contributed by atoms with Gasteiger partial charge in [0.05, 0.1) is 6.04 Å². The fourth-order valence-electron chi connectivity index (χ4n) is 5.21. The first-order valence-corrected chi connectivity index (χ1v) is 12.9. The normalized spacial score (nSPS) is 15.8. The summed E-state index contributed by atoms with van der Waals surface area (Å²) in [6.45, 7) is 2.19. The molecule has 2 amide bonds. The van der Waals surface area contributed by atoms with E-state index in [0.717, 1.165) is 22.4 Å². The Labute approximate surface area is 220 Å². The molecule has 0 unspecified atom stereocenters. The molecule has 1 fully saturated rings. The monoisotopic (exact) mass is 517 g/mol. The molecular weight excluding hydrogens is 488 g/mol. The molecule has 6 nitrogen and oxygen atoms in total. The number of piperazine rings is 1. The van der Waals surface area contributed by atoms with Gasteiger partial charge in [-0.25, -0.2) is 8.78 Å². The van der Waals surface area contributed by atoms with Crippen LogP contribution in [-0.2, 0) is 16.0 Å². The number of nitrogens with one attached hydrogen (secondary N) is 1. The van der Waals surface area contributed by atoms with E-state index in [1.807, 2.05) is 6.07 Å². The van der Waals surface area contributed by atoms with Crippen LogP contribution in [0.5, 0.6) is 0 Å². The fraction of sp³-hybridized carbons (Fsp3) is 0.300. The largest absolute Gasteiger partial charge is 0.340 e. The molecule has 3 aromatic rings. The fourth-order valence-corrected chi connectivity index (χ4v) is 5.21. The smallest absolute Gasteiger partial charge is 0.224 e. The number of Topliss-reactive ketones (excluding diaryl/α,β-unsaturated/α-hetero) is 1. The van der Waals surface area contributed by atoms with Gasteiger partial charge in [-0.05, 0) is 65.6 Å². The molecule has 0 aromatic heterocycles. The van der Waals surface area contributed by atoms with Gasteiger partial charge in [-0.15, -0.1) is 0 Å². The molecule has 8 heteroatoms. The Hall–Kier alpha value is -3.91. The number of aryl methyl sites for hydroxylation is 1. The second kappa shape index (κ2) is 11.2. The van der Waals surface area contributed by atoms with Gasteiger partial charge in [0.2, 0.25) is 11.8 Å². The van der Waals surface area contributed by atoms with E-state index < -0.39 is 0 Å². The lowest BCUT2D eigenvalue weighted by molar-refractivity contribution is -0.133. The van der Waals surface area contributed by atoms with Crippen molar-refractivity contribution < 1.29 is 23.2 Å². The van der Waals surface area contributed by atoms with Crippen LogP contribution >= 0.6 is 0 Å². The van der Waals surface area contributed by atoms with Gasteiger partial charge in [0.15, 0.2) is 5.78 Å². The van der Waals surface area contributed by atoms with Crippen molar-refractivity contribution in [3.05, 3.63) is 101 Å². The molecule has 1 N–H and O–H groups in total. The van der Waals surface area contributed by atoms with Crippen molar-refractivity contribution in [3.63, 3.8) is 0 Å². The first-order valence-electron chi connectivity index (χ1n) is 12.9. The molecule has 0 spiro atoms. The van der Waals surface area contributed by atoms with Crippen molar-refractivity contribution in [1.29, 1.82) is 0 Å². The van der Waals surface area contributed by atoms with Crippen LogP contribution in [0.25, 0.3) is 0 Å². The van der Waals surface area contributed by atoms with Gasteiger partial charge in [0, 0.05) is 56.7 Å². The van der Waals surface area contributed by atoms with Crippen LogP contribution in [0, 0.1) is 11.6 Å². The maximum absolute atomic E-state index is 13.6. The summed E-state index contributed by atoms with van der Waals surface area (Å²) in [5.41, 5.74) is 4.03. The highest BCUT2D eigenvalue weighted by molar-refractivity contribution is 6.00. The Balaban J connectivity index is 1.19. The molecule has 2 heterocycles. The Kier molecular flexibility index (Phi) is 7.60.